The van der Waals surface area contributed by atoms with Crippen molar-refractivity contribution >= 4 is 0 Å². The Bertz CT molecular complexity index is 80.9. The van der Waals surface area contributed by atoms with Crippen molar-refractivity contribution in [1.29, 1.82) is 0 Å². The fourth-order valence-electron chi connectivity index (χ4n) is 1.84. The summed E-state index contributed by atoms with van der Waals surface area (Å²) < 4.78 is 0. The molecule has 11 heavy (non-hydrogen) atoms. The highest BCUT2D eigenvalue weighted by atomic mass is 14.6. The monoisotopic (exact) mass is 155 g/mol. The minimum absolute atomic E-state index is 0.507. The molecular weight excluding hydrogens is 134 g/mol. The fourth-order valence-corrected chi connectivity index (χ4v) is 1.84. The summed E-state index contributed by atoms with van der Waals surface area (Å²) in [4.78, 5) is 0. The van der Waals surface area contributed by atoms with Crippen molar-refractivity contribution in [1.82, 2.24) is 0 Å². The van der Waals surface area contributed by atoms with Crippen molar-refractivity contribution in [2.75, 3.05) is 0 Å². The predicted octanol–water partition coefficient (Wildman–Crippen LogP) is 2.84. The Labute approximate surface area is 70.4 Å². The van der Waals surface area contributed by atoms with Crippen LogP contribution in [0, 0.1) is 0 Å². The third-order valence-corrected chi connectivity index (χ3v) is 2.65. The molecule has 0 amide bonds. The summed E-state index contributed by atoms with van der Waals surface area (Å²) in [5.74, 6) is 0. The molecule has 1 nitrogen and oxygen atoms in total. The summed E-state index contributed by atoms with van der Waals surface area (Å²) in [5.41, 5.74) is 5.92. The summed E-state index contributed by atoms with van der Waals surface area (Å²) in [6, 6.07) is 0.507. The summed E-state index contributed by atoms with van der Waals surface area (Å²) >= 11 is 0. The van der Waals surface area contributed by atoms with E-state index in [0.717, 1.165) is 0 Å². The van der Waals surface area contributed by atoms with Crippen LogP contribution in [0.5, 0.6) is 0 Å². The molecule has 0 spiro atoms. The van der Waals surface area contributed by atoms with Gasteiger partial charge in [0.05, 0.1) is 0 Å². The van der Waals surface area contributed by atoms with E-state index in [1.54, 1.807) is 0 Å². The Balaban J connectivity index is 2.12. The fraction of sp³-hybridized carbons (Fsp3) is 1.00. The number of hydrogen-bond acceptors (Lipinski definition) is 1. The van der Waals surface area contributed by atoms with Crippen LogP contribution in [0.4, 0.5) is 0 Å². The summed E-state index contributed by atoms with van der Waals surface area (Å²) in [7, 11) is 0. The van der Waals surface area contributed by atoms with Gasteiger partial charge in [-0.05, 0) is 12.8 Å². The van der Waals surface area contributed by atoms with Gasteiger partial charge in [0.1, 0.15) is 0 Å². The molecule has 1 aliphatic rings. The predicted molar refractivity (Wildman–Crippen MR) is 49.5 cm³/mol. The largest absolute Gasteiger partial charge is 0.328 e. The van der Waals surface area contributed by atoms with E-state index in [1.807, 2.05) is 0 Å². The molecule has 0 aromatic rings. The highest BCUT2D eigenvalue weighted by Gasteiger charge is 2.03. The second kappa shape index (κ2) is 5.59. The Kier molecular flexibility index (Phi) is 4.60. The van der Waals surface area contributed by atoms with Crippen LogP contribution in [0.1, 0.15) is 57.8 Å². The average Bonchev–Trinajstić information content (AvgIpc) is 2.03. The molecule has 1 heteroatoms. The first-order valence-electron chi connectivity index (χ1n) is 5.15. The highest BCUT2D eigenvalue weighted by molar-refractivity contribution is 4.63. The van der Waals surface area contributed by atoms with E-state index in [0.29, 0.717) is 6.04 Å². The lowest BCUT2D eigenvalue weighted by molar-refractivity contribution is 0.461. The molecular formula is C10H21N. The number of rotatable bonds is 0. The van der Waals surface area contributed by atoms with Gasteiger partial charge in [0.25, 0.3) is 0 Å². The maximum absolute atomic E-state index is 5.92. The lowest BCUT2D eigenvalue weighted by atomic mass is 9.98. The van der Waals surface area contributed by atoms with Gasteiger partial charge >= 0.3 is 0 Å². The molecule has 0 atom stereocenters. The molecule has 0 bridgehead atoms. The molecule has 0 heterocycles. The first-order valence-corrected chi connectivity index (χ1v) is 5.15. The van der Waals surface area contributed by atoms with E-state index in [4.69, 9.17) is 5.73 Å². The summed E-state index contributed by atoms with van der Waals surface area (Å²) in [6.45, 7) is 0. The molecule has 2 N–H and O–H groups in total. The summed E-state index contributed by atoms with van der Waals surface area (Å²) in [5, 5.41) is 0. The van der Waals surface area contributed by atoms with E-state index in [1.165, 1.54) is 57.8 Å². The molecule has 1 fully saturated rings. The van der Waals surface area contributed by atoms with Crippen molar-refractivity contribution in [2.24, 2.45) is 5.73 Å². The quantitative estimate of drug-likeness (QED) is 0.572. The van der Waals surface area contributed by atoms with Gasteiger partial charge in [0.15, 0.2) is 0 Å². The van der Waals surface area contributed by atoms with Gasteiger partial charge in [-0.15, -0.1) is 0 Å². The molecule has 0 aromatic heterocycles. The van der Waals surface area contributed by atoms with Crippen molar-refractivity contribution in [2.45, 2.75) is 63.8 Å². The minimum Gasteiger partial charge on any atom is -0.328 e. The van der Waals surface area contributed by atoms with E-state index < -0.39 is 0 Å². The molecule has 1 saturated carbocycles. The SMILES string of the molecule is NC1CCCCCCCCC1. The zero-order chi connectivity index (χ0) is 7.94. The Hall–Kier alpha value is -0.0400. The third kappa shape index (κ3) is 4.41. The van der Waals surface area contributed by atoms with Gasteiger partial charge in [0.2, 0.25) is 0 Å². The van der Waals surface area contributed by atoms with Gasteiger partial charge in [0, 0.05) is 6.04 Å². The second-order valence-electron chi connectivity index (χ2n) is 3.81. The first kappa shape index (κ1) is 9.05. The van der Waals surface area contributed by atoms with Crippen molar-refractivity contribution in [3.05, 3.63) is 0 Å². The van der Waals surface area contributed by atoms with Crippen LogP contribution in [-0.2, 0) is 0 Å². The molecule has 0 aromatic carbocycles. The maximum atomic E-state index is 5.92. The van der Waals surface area contributed by atoms with E-state index in [9.17, 15) is 0 Å². The van der Waals surface area contributed by atoms with E-state index in [2.05, 4.69) is 0 Å². The molecule has 66 valence electrons. The van der Waals surface area contributed by atoms with Crippen LogP contribution in [0.15, 0.2) is 0 Å². The third-order valence-electron chi connectivity index (χ3n) is 2.65. The van der Waals surface area contributed by atoms with E-state index in [-0.39, 0.29) is 0 Å². The van der Waals surface area contributed by atoms with Crippen molar-refractivity contribution < 1.29 is 0 Å². The standard InChI is InChI=1S/C10H21N/c11-10-8-6-4-2-1-3-5-7-9-10/h10H,1-9,11H2. The smallest absolute Gasteiger partial charge is 0.00388 e. The van der Waals surface area contributed by atoms with Crippen LogP contribution in [-0.4, -0.2) is 6.04 Å². The molecule has 0 unspecified atom stereocenters. The zero-order valence-corrected chi connectivity index (χ0v) is 7.52. The van der Waals surface area contributed by atoms with Crippen molar-refractivity contribution in [3.8, 4) is 0 Å². The van der Waals surface area contributed by atoms with Gasteiger partial charge in [-0.1, -0.05) is 44.9 Å². The number of hydrogen-bond donors (Lipinski definition) is 1. The van der Waals surface area contributed by atoms with Crippen LogP contribution in [0.2, 0.25) is 0 Å². The van der Waals surface area contributed by atoms with Crippen LogP contribution < -0.4 is 5.73 Å². The average molecular weight is 155 g/mol. The summed E-state index contributed by atoms with van der Waals surface area (Å²) in [6.07, 6.45) is 12.4. The molecule has 1 aliphatic carbocycles. The van der Waals surface area contributed by atoms with Gasteiger partial charge in [-0.25, -0.2) is 0 Å². The second-order valence-corrected chi connectivity index (χ2v) is 3.81. The minimum atomic E-state index is 0.507. The molecule has 0 aliphatic heterocycles. The van der Waals surface area contributed by atoms with Gasteiger partial charge in [-0.3, -0.25) is 0 Å². The highest BCUT2D eigenvalue weighted by Crippen LogP contribution is 2.15. The zero-order valence-electron chi connectivity index (χ0n) is 7.52. The lowest BCUT2D eigenvalue weighted by Gasteiger charge is -2.13. The lowest BCUT2D eigenvalue weighted by Crippen LogP contribution is -2.19. The number of nitrogens with two attached hydrogens (primary N) is 1. The van der Waals surface area contributed by atoms with E-state index >= 15 is 0 Å². The Morgan fingerprint density at radius 3 is 1.45 bits per heavy atom. The van der Waals surface area contributed by atoms with Gasteiger partial charge in [-0.2, -0.15) is 0 Å². The maximum Gasteiger partial charge on any atom is 0.00388 e. The Morgan fingerprint density at radius 1 is 0.636 bits per heavy atom. The van der Waals surface area contributed by atoms with Gasteiger partial charge < -0.3 is 5.73 Å². The molecule has 1 rings (SSSR count). The van der Waals surface area contributed by atoms with Crippen LogP contribution >= 0.6 is 0 Å². The molecule has 0 saturated heterocycles. The first-order chi connectivity index (χ1) is 5.39. The van der Waals surface area contributed by atoms with Crippen LogP contribution in [0.3, 0.4) is 0 Å². The topological polar surface area (TPSA) is 26.0 Å². The molecule has 0 radical (unpaired) electrons. The normalized spacial score (nSPS) is 24.8. The van der Waals surface area contributed by atoms with Crippen LogP contribution in [0.25, 0.3) is 0 Å². The Morgan fingerprint density at radius 2 is 1.00 bits per heavy atom. The van der Waals surface area contributed by atoms with Crippen molar-refractivity contribution in [3.63, 3.8) is 0 Å².